The van der Waals surface area contributed by atoms with Crippen molar-refractivity contribution in [2.75, 3.05) is 6.61 Å². The molecular formula is C26H33ClO6. The van der Waals surface area contributed by atoms with Gasteiger partial charge in [-0.1, -0.05) is 49.7 Å². The van der Waals surface area contributed by atoms with Crippen molar-refractivity contribution in [3.8, 4) is 5.75 Å². The number of aliphatic hydroxyl groups excluding tert-OH is 4. The molecule has 4 N–H and O–H groups in total. The Balaban J connectivity index is 1.46. The summed E-state index contributed by atoms with van der Waals surface area (Å²) in [6, 6.07) is 13.3. The Hall–Kier alpha value is -1.67. The molecule has 0 radical (unpaired) electrons. The molecule has 1 saturated carbocycles. The van der Waals surface area contributed by atoms with E-state index in [1.807, 2.05) is 30.3 Å². The second-order valence-corrected chi connectivity index (χ2v) is 9.99. The summed E-state index contributed by atoms with van der Waals surface area (Å²) in [4.78, 5) is 0. The molecule has 1 aliphatic carbocycles. The largest absolute Gasteiger partial charge is 0.490 e. The summed E-state index contributed by atoms with van der Waals surface area (Å²) in [5, 5.41) is 40.6. The normalized spacial score (nSPS) is 34.4. The first-order chi connectivity index (χ1) is 15.8. The lowest BCUT2D eigenvalue weighted by Crippen LogP contribution is -2.55. The zero-order chi connectivity index (χ0) is 23.7. The molecule has 6 nitrogen and oxygen atoms in total. The molecule has 0 bridgehead atoms. The van der Waals surface area contributed by atoms with Crippen molar-refractivity contribution in [1.29, 1.82) is 0 Å². The molecule has 4 rings (SSSR count). The summed E-state index contributed by atoms with van der Waals surface area (Å²) in [5.74, 6) is 2.24. The monoisotopic (exact) mass is 476 g/mol. The fourth-order valence-corrected chi connectivity index (χ4v) is 5.05. The van der Waals surface area contributed by atoms with E-state index in [1.54, 1.807) is 12.1 Å². The molecule has 0 spiro atoms. The molecule has 180 valence electrons. The van der Waals surface area contributed by atoms with E-state index in [-0.39, 0.29) is 6.10 Å². The third-order valence-corrected chi connectivity index (χ3v) is 7.52. The maximum atomic E-state index is 10.4. The minimum atomic E-state index is -1.42. The van der Waals surface area contributed by atoms with Crippen LogP contribution in [0.3, 0.4) is 0 Å². The quantitative estimate of drug-likeness (QED) is 0.510. The molecule has 8 atom stereocenters. The van der Waals surface area contributed by atoms with Gasteiger partial charge in [-0.05, 0) is 66.0 Å². The summed E-state index contributed by atoms with van der Waals surface area (Å²) in [5.41, 5.74) is 2.53. The van der Waals surface area contributed by atoms with Gasteiger partial charge in [0.1, 0.15) is 36.3 Å². The summed E-state index contributed by atoms with van der Waals surface area (Å²) in [7, 11) is 0. The molecular weight excluding hydrogens is 444 g/mol. The second kappa shape index (κ2) is 10.3. The van der Waals surface area contributed by atoms with E-state index in [0.29, 0.717) is 28.8 Å². The van der Waals surface area contributed by atoms with Crippen molar-refractivity contribution in [3.05, 3.63) is 64.2 Å². The second-order valence-electron chi connectivity index (χ2n) is 9.59. The standard InChI is InChI=1S/C26H33ClO6/c1-14-9-20(10-15(14)2)32-19-6-3-16(4-7-19)11-18-12-17(5-8-21(18)27)26-25(31)24(30)23(29)22(13-28)33-26/h3-8,12,14-15,20,22-26,28-31H,9-11,13H2,1-2H3/t14-,15+,20+,22-,23-,24+,25-,26-/m1/s1. The van der Waals surface area contributed by atoms with Gasteiger partial charge >= 0.3 is 0 Å². The predicted octanol–water partition coefficient (Wildman–Crippen LogP) is 3.26. The highest BCUT2D eigenvalue weighted by atomic mass is 35.5. The summed E-state index contributed by atoms with van der Waals surface area (Å²) < 4.78 is 11.8. The lowest BCUT2D eigenvalue weighted by molar-refractivity contribution is -0.231. The van der Waals surface area contributed by atoms with E-state index in [4.69, 9.17) is 21.1 Å². The van der Waals surface area contributed by atoms with Gasteiger partial charge in [-0.25, -0.2) is 0 Å². The first kappa shape index (κ1) is 24.5. The highest BCUT2D eigenvalue weighted by molar-refractivity contribution is 6.31. The first-order valence-corrected chi connectivity index (χ1v) is 12.0. The lowest BCUT2D eigenvalue weighted by Gasteiger charge is -2.40. The van der Waals surface area contributed by atoms with Crippen LogP contribution in [0.1, 0.15) is 49.5 Å². The zero-order valence-corrected chi connectivity index (χ0v) is 19.7. The number of benzene rings is 2. The average Bonchev–Trinajstić information content (AvgIpc) is 3.12. The molecule has 2 aromatic rings. The van der Waals surface area contributed by atoms with E-state index in [1.165, 1.54) is 0 Å². The maximum Gasteiger partial charge on any atom is 0.119 e. The van der Waals surface area contributed by atoms with Crippen LogP contribution in [0.5, 0.6) is 5.75 Å². The summed E-state index contributed by atoms with van der Waals surface area (Å²) in [6.07, 6.45) is -2.95. The minimum absolute atomic E-state index is 0.269. The van der Waals surface area contributed by atoms with Crippen LogP contribution in [-0.2, 0) is 11.2 Å². The van der Waals surface area contributed by atoms with Crippen LogP contribution in [0.25, 0.3) is 0 Å². The van der Waals surface area contributed by atoms with Gasteiger partial charge in [0.2, 0.25) is 0 Å². The Labute approximate surface area is 199 Å². The van der Waals surface area contributed by atoms with Crippen LogP contribution < -0.4 is 4.74 Å². The lowest BCUT2D eigenvalue weighted by atomic mass is 9.90. The number of hydrogen-bond donors (Lipinski definition) is 4. The van der Waals surface area contributed by atoms with Crippen molar-refractivity contribution in [2.24, 2.45) is 11.8 Å². The average molecular weight is 477 g/mol. The van der Waals surface area contributed by atoms with Crippen molar-refractivity contribution in [1.82, 2.24) is 0 Å². The predicted molar refractivity (Wildman–Crippen MR) is 125 cm³/mol. The van der Waals surface area contributed by atoms with Crippen LogP contribution in [0, 0.1) is 11.8 Å². The van der Waals surface area contributed by atoms with Gasteiger partial charge in [-0.15, -0.1) is 0 Å². The Morgan fingerprint density at radius 2 is 1.61 bits per heavy atom. The zero-order valence-electron chi connectivity index (χ0n) is 19.0. The highest BCUT2D eigenvalue weighted by Crippen LogP contribution is 2.35. The third-order valence-electron chi connectivity index (χ3n) is 7.15. The van der Waals surface area contributed by atoms with Crippen molar-refractivity contribution in [3.63, 3.8) is 0 Å². The van der Waals surface area contributed by atoms with Gasteiger partial charge in [0.15, 0.2) is 0 Å². The molecule has 2 aromatic carbocycles. The molecule has 1 aliphatic heterocycles. The van der Waals surface area contributed by atoms with E-state index in [9.17, 15) is 20.4 Å². The molecule has 0 amide bonds. The van der Waals surface area contributed by atoms with Gasteiger partial charge < -0.3 is 29.9 Å². The van der Waals surface area contributed by atoms with Crippen molar-refractivity contribution in [2.45, 2.75) is 69.7 Å². The van der Waals surface area contributed by atoms with E-state index >= 15 is 0 Å². The van der Waals surface area contributed by atoms with Crippen LogP contribution in [0.4, 0.5) is 0 Å². The molecule has 33 heavy (non-hydrogen) atoms. The van der Waals surface area contributed by atoms with E-state index in [0.717, 1.165) is 29.7 Å². The number of halogens is 1. The molecule has 7 heteroatoms. The topological polar surface area (TPSA) is 99.4 Å². The number of rotatable bonds is 6. The van der Waals surface area contributed by atoms with Crippen LogP contribution in [0.2, 0.25) is 5.02 Å². The van der Waals surface area contributed by atoms with Gasteiger partial charge in [-0.3, -0.25) is 0 Å². The minimum Gasteiger partial charge on any atom is -0.490 e. The third kappa shape index (κ3) is 5.37. The molecule has 2 fully saturated rings. The molecule has 1 heterocycles. The van der Waals surface area contributed by atoms with Gasteiger partial charge in [0.25, 0.3) is 0 Å². The number of aliphatic hydroxyl groups is 4. The molecule has 0 unspecified atom stereocenters. The number of ether oxygens (including phenoxy) is 2. The van der Waals surface area contributed by atoms with Crippen LogP contribution in [-0.4, -0.2) is 57.6 Å². The fourth-order valence-electron chi connectivity index (χ4n) is 4.87. The smallest absolute Gasteiger partial charge is 0.119 e. The highest BCUT2D eigenvalue weighted by Gasteiger charge is 2.44. The molecule has 0 aromatic heterocycles. The van der Waals surface area contributed by atoms with Gasteiger partial charge in [0.05, 0.1) is 12.7 Å². The summed E-state index contributed by atoms with van der Waals surface area (Å²) in [6.45, 7) is 4.09. The van der Waals surface area contributed by atoms with Gasteiger partial charge in [0, 0.05) is 5.02 Å². The van der Waals surface area contributed by atoms with Gasteiger partial charge in [-0.2, -0.15) is 0 Å². The molecule has 1 saturated heterocycles. The Morgan fingerprint density at radius 3 is 2.24 bits per heavy atom. The van der Waals surface area contributed by atoms with E-state index in [2.05, 4.69) is 13.8 Å². The van der Waals surface area contributed by atoms with Crippen LogP contribution >= 0.6 is 11.6 Å². The SMILES string of the molecule is C[C@@H]1C[C@H](Oc2ccc(Cc3cc([C@H]4O[C@H](CO)[C@@H](O)[C@H](O)[C@H]4O)ccc3Cl)cc2)C[C@@H]1C. The summed E-state index contributed by atoms with van der Waals surface area (Å²) >= 11 is 6.44. The van der Waals surface area contributed by atoms with E-state index < -0.39 is 37.1 Å². The first-order valence-electron chi connectivity index (χ1n) is 11.6. The van der Waals surface area contributed by atoms with Crippen LogP contribution in [0.15, 0.2) is 42.5 Å². The Morgan fingerprint density at radius 1 is 0.939 bits per heavy atom. The van der Waals surface area contributed by atoms with Crippen molar-refractivity contribution < 1.29 is 29.9 Å². The maximum absolute atomic E-state index is 10.4. The Kier molecular flexibility index (Phi) is 7.63. The fraction of sp³-hybridized carbons (Fsp3) is 0.538. The Bertz CT molecular complexity index is 923. The van der Waals surface area contributed by atoms with Crippen molar-refractivity contribution >= 4 is 11.6 Å². The number of hydrogen-bond acceptors (Lipinski definition) is 6. The molecule has 2 aliphatic rings.